The first kappa shape index (κ1) is 12.1. The van der Waals surface area contributed by atoms with Crippen molar-refractivity contribution < 1.29 is 4.79 Å². The summed E-state index contributed by atoms with van der Waals surface area (Å²) in [5.41, 5.74) is 6.92. The first-order valence-electron chi connectivity index (χ1n) is 6.02. The van der Waals surface area contributed by atoms with Crippen LogP contribution in [0.3, 0.4) is 0 Å². The van der Waals surface area contributed by atoms with Crippen LogP contribution in [0.4, 0.5) is 5.82 Å². The van der Waals surface area contributed by atoms with Gasteiger partial charge < -0.3 is 11.1 Å². The van der Waals surface area contributed by atoms with Crippen LogP contribution in [0.25, 0.3) is 10.9 Å². The van der Waals surface area contributed by atoms with E-state index in [0.29, 0.717) is 22.7 Å². The average molecular weight is 268 g/mol. The minimum atomic E-state index is -0.230. The van der Waals surface area contributed by atoms with Crippen molar-refractivity contribution in [2.24, 2.45) is 0 Å². The molecule has 0 bridgehead atoms. The van der Waals surface area contributed by atoms with Crippen molar-refractivity contribution in [3.05, 3.63) is 48.0 Å². The molecule has 0 aliphatic rings. The smallest absolute Gasteiger partial charge is 0.252 e. The summed E-state index contributed by atoms with van der Waals surface area (Å²) in [5.74, 6) is 0.671. The van der Waals surface area contributed by atoms with Crippen molar-refractivity contribution in [1.29, 1.82) is 0 Å². The molecule has 2 aromatic heterocycles. The molecule has 0 unspecified atom stereocenters. The number of benzene rings is 1. The second-order valence-electron chi connectivity index (χ2n) is 4.23. The van der Waals surface area contributed by atoms with Gasteiger partial charge in [-0.15, -0.1) is 0 Å². The Morgan fingerprint density at radius 2 is 2.20 bits per heavy atom. The average Bonchev–Trinajstić information content (AvgIpc) is 2.97. The Morgan fingerprint density at radius 1 is 1.35 bits per heavy atom. The molecule has 0 aliphatic carbocycles. The van der Waals surface area contributed by atoms with E-state index in [4.69, 9.17) is 5.73 Å². The third kappa shape index (κ3) is 2.28. The molecule has 0 aliphatic heterocycles. The summed E-state index contributed by atoms with van der Waals surface area (Å²) >= 11 is 0. The summed E-state index contributed by atoms with van der Waals surface area (Å²) in [6.45, 7) is 0.273. The number of carbonyl (C=O) groups excluding carboxylic acids is 1. The van der Waals surface area contributed by atoms with Gasteiger partial charge in [0.25, 0.3) is 5.91 Å². The van der Waals surface area contributed by atoms with Crippen LogP contribution in [-0.2, 0) is 6.54 Å². The lowest BCUT2D eigenvalue weighted by molar-refractivity contribution is 0.0951. The number of pyridine rings is 1. The highest BCUT2D eigenvalue weighted by Gasteiger charge is 2.12. The van der Waals surface area contributed by atoms with Crippen molar-refractivity contribution in [3.8, 4) is 0 Å². The topological polar surface area (TPSA) is 110 Å². The Balaban J connectivity index is 1.90. The number of nitrogen functional groups attached to an aromatic ring is 1. The van der Waals surface area contributed by atoms with Gasteiger partial charge in [0, 0.05) is 5.39 Å². The van der Waals surface area contributed by atoms with Gasteiger partial charge in [0.1, 0.15) is 18.0 Å². The number of rotatable bonds is 3. The molecule has 7 heteroatoms. The van der Waals surface area contributed by atoms with Crippen LogP contribution < -0.4 is 11.1 Å². The normalized spacial score (nSPS) is 10.6. The van der Waals surface area contributed by atoms with Crippen molar-refractivity contribution in [1.82, 2.24) is 25.5 Å². The van der Waals surface area contributed by atoms with Gasteiger partial charge in [-0.3, -0.25) is 9.89 Å². The molecule has 2 heterocycles. The highest BCUT2D eigenvalue weighted by Crippen LogP contribution is 2.19. The Kier molecular flexibility index (Phi) is 3.00. The summed E-state index contributed by atoms with van der Waals surface area (Å²) in [4.78, 5) is 20.4. The molecule has 0 saturated carbocycles. The first-order chi connectivity index (χ1) is 9.74. The molecule has 0 atom stereocenters. The Morgan fingerprint density at radius 3 is 3.00 bits per heavy atom. The van der Waals surface area contributed by atoms with E-state index in [2.05, 4.69) is 25.5 Å². The molecule has 7 nitrogen and oxygen atoms in total. The standard InChI is InChI=1S/C13H12N6O/c14-11-5-9(8-3-1-2-4-10(8)18-11)13(20)15-6-12-16-7-17-19-12/h1-5,7H,6H2,(H2,14,18)(H,15,20)(H,16,17,19). The lowest BCUT2D eigenvalue weighted by Gasteiger charge is -2.07. The zero-order chi connectivity index (χ0) is 13.9. The maximum Gasteiger partial charge on any atom is 0.252 e. The first-order valence-corrected chi connectivity index (χ1v) is 6.02. The Bertz CT molecular complexity index is 753. The molecule has 3 aromatic rings. The largest absolute Gasteiger partial charge is 0.384 e. The number of para-hydroxylation sites is 1. The molecule has 20 heavy (non-hydrogen) atoms. The highest BCUT2D eigenvalue weighted by atomic mass is 16.1. The predicted molar refractivity (Wildman–Crippen MR) is 73.7 cm³/mol. The van der Waals surface area contributed by atoms with Gasteiger partial charge in [0.15, 0.2) is 0 Å². The summed E-state index contributed by atoms with van der Waals surface area (Å²) in [6.07, 6.45) is 1.39. The van der Waals surface area contributed by atoms with E-state index in [0.717, 1.165) is 5.39 Å². The van der Waals surface area contributed by atoms with Crippen LogP contribution in [-0.4, -0.2) is 26.1 Å². The van der Waals surface area contributed by atoms with Crippen molar-refractivity contribution in [3.63, 3.8) is 0 Å². The van der Waals surface area contributed by atoms with Crippen LogP contribution in [0.2, 0.25) is 0 Å². The van der Waals surface area contributed by atoms with Gasteiger partial charge >= 0.3 is 0 Å². The number of hydrogen-bond acceptors (Lipinski definition) is 5. The molecule has 0 spiro atoms. The molecule has 0 fully saturated rings. The maximum absolute atomic E-state index is 12.2. The molecule has 0 radical (unpaired) electrons. The third-order valence-electron chi connectivity index (χ3n) is 2.86. The number of fused-ring (bicyclic) bond motifs is 1. The quantitative estimate of drug-likeness (QED) is 0.652. The zero-order valence-corrected chi connectivity index (χ0v) is 10.5. The predicted octanol–water partition coefficient (Wildman–Crippen LogP) is 0.865. The second-order valence-corrected chi connectivity index (χ2v) is 4.23. The van der Waals surface area contributed by atoms with E-state index in [1.54, 1.807) is 6.07 Å². The molecule has 4 N–H and O–H groups in total. The number of carbonyl (C=O) groups is 1. The van der Waals surface area contributed by atoms with Crippen molar-refractivity contribution in [2.75, 3.05) is 5.73 Å². The van der Waals surface area contributed by atoms with E-state index in [9.17, 15) is 4.79 Å². The van der Waals surface area contributed by atoms with Gasteiger partial charge in [0.2, 0.25) is 0 Å². The summed E-state index contributed by atoms with van der Waals surface area (Å²) in [7, 11) is 0. The number of nitrogens with zero attached hydrogens (tertiary/aromatic N) is 3. The van der Waals surface area contributed by atoms with Crippen LogP contribution >= 0.6 is 0 Å². The number of aromatic amines is 1. The number of H-pyrrole nitrogens is 1. The van der Waals surface area contributed by atoms with Crippen molar-refractivity contribution >= 4 is 22.6 Å². The van der Waals surface area contributed by atoms with Crippen molar-refractivity contribution in [2.45, 2.75) is 6.54 Å². The summed E-state index contributed by atoms with van der Waals surface area (Å²) < 4.78 is 0. The van der Waals surface area contributed by atoms with E-state index < -0.39 is 0 Å². The number of anilines is 1. The fraction of sp³-hybridized carbons (Fsp3) is 0.0769. The molecule has 0 saturated heterocycles. The fourth-order valence-electron chi connectivity index (χ4n) is 1.96. The third-order valence-corrected chi connectivity index (χ3v) is 2.86. The molecular formula is C13H12N6O. The fourth-order valence-corrected chi connectivity index (χ4v) is 1.96. The molecular weight excluding hydrogens is 256 g/mol. The van der Waals surface area contributed by atoms with E-state index >= 15 is 0 Å². The van der Waals surface area contributed by atoms with Gasteiger partial charge in [-0.2, -0.15) is 5.10 Å². The number of hydrogen-bond donors (Lipinski definition) is 3. The van der Waals surface area contributed by atoms with Gasteiger partial charge in [-0.05, 0) is 12.1 Å². The van der Waals surface area contributed by atoms with E-state index in [-0.39, 0.29) is 12.5 Å². The van der Waals surface area contributed by atoms with Crippen LogP contribution in [0.5, 0.6) is 0 Å². The Hall–Kier alpha value is -2.96. The number of aromatic nitrogens is 4. The minimum Gasteiger partial charge on any atom is -0.384 e. The minimum absolute atomic E-state index is 0.230. The number of amides is 1. The summed E-state index contributed by atoms with van der Waals surface area (Å²) in [5, 5.41) is 9.92. The number of nitrogens with two attached hydrogens (primary N) is 1. The monoisotopic (exact) mass is 268 g/mol. The molecule has 100 valence electrons. The van der Waals surface area contributed by atoms with Crippen LogP contribution in [0.15, 0.2) is 36.7 Å². The number of nitrogens with one attached hydrogen (secondary N) is 2. The molecule has 1 amide bonds. The van der Waals surface area contributed by atoms with E-state index in [1.807, 2.05) is 24.3 Å². The van der Waals surface area contributed by atoms with Gasteiger partial charge in [-0.1, -0.05) is 18.2 Å². The lowest BCUT2D eigenvalue weighted by Crippen LogP contribution is -2.24. The molecule has 3 rings (SSSR count). The lowest BCUT2D eigenvalue weighted by atomic mass is 10.1. The highest BCUT2D eigenvalue weighted by molar-refractivity contribution is 6.06. The maximum atomic E-state index is 12.2. The Labute approximate surface area is 114 Å². The van der Waals surface area contributed by atoms with Gasteiger partial charge in [-0.25, -0.2) is 9.97 Å². The SMILES string of the molecule is Nc1cc(C(=O)NCc2ncn[nH]2)c2ccccc2n1. The molecule has 1 aromatic carbocycles. The van der Waals surface area contributed by atoms with Crippen LogP contribution in [0.1, 0.15) is 16.2 Å². The van der Waals surface area contributed by atoms with Gasteiger partial charge in [0.05, 0.1) is 17.6 Å². The zero-order valence-electron chi connectivity index (χ0n) is 10.5. The summed E-state index contributed by atoms with van der Waals surface area (Å²) in [6, 6.07) is 8.93. The van der Waals surface area contributed by atoms with E-state index in [1.165, 1.54) is 6.33 Å². The van der Waals surface area contributed by atoms with Crippen LogP contribution in [0, 0.1) is 0 Å². The second kappa shape index (κ2) is 4.96.